The molecule has 0 unspecified atom stereocenters. The smallest absolute Gasteiger partial charge is 0.124 e. The molecule has 0 heterocycles. The Labute approximate surface area is 134 Å². The first-order valence-corrected chi connectivity index (χ1v) is 6.99. The van der Waals surface area contributed by atoms with Crippen molar-refractivity contribution in [2.45, 2.75) is 64.8 Å². The summed E-state index contributed by atoms with van der Waals surface area (Å²) in [6.45, 7) is 12.6. The molecule has 3 nitrogen and oxygen atoms in total. The van der Waals surface area contributed by atoms with E-state index in [1.54, 1.807) is 0 Å². The summed E-state index contributed by atoms with van der Waals surface area (Å²) in [6.07, 6.45) is 0.199. The largest absolute Gasteiger partial charge is 0.507 e. The van der Waals surface area contributed by atoms with Gasteiger partial charge in [0.25, 0.3) is 0 Å². The molecule has 0 bridgehead atoms. The van der Waals surface area contributed by atoms with Gasteiger partial charge in [0.1, 0.15) is 5.75 Å². The number of phenolic OH excluding ortho intramolecular Hbond substituents is 1. The molecular weight excluding hydrogens is 284 g/mol. The summed E-state index contributed by atoms with van der Waals surface area (Å²) in [5.74, 6) is 0.230. The van der Waals surface area contributed by atoms with Gasteiger partial charge in [-0.15, -0.1) is 12.4 Å². The second-order valence-corrected chi connectivity index (χ2v) is 7.43. The van der Waals surface area contributed by atoms with Crippen molar-refractivity contribution in [3.05, 3.63) is 28.8 Å². The van der Waals surface area contributed by atoms with Gasteiger partial charge < -0.3 is 10.8 Å². The van der Waals surface area contributed by atoms with E-state index in [2.05, 4.69) is 53.7 Å². The van der Waals surface area contributed by atoms with Crippen LogP contribution < -0.4 is 5.73 Å². The molecule has 118 valence electrons. The molecule has 0 aromatic heterocycles. The Morgan fingerprint density at radius 2 is 1.67 bits per heavy atom. The fourth-order valence-corrected chi connectivity index (χ4v) is 2.15. The highest BCUT2D eigenvalue weighted by atomic mass is 35.5. The average molecular weight is 311 g/mol. The Hall–Kier alpha value is -1.24. The third-order valence-electron chi connectivity index (χ3n) is 3.52. The second-order valence-electron chi connectivity index (χ2n) is 7.43. The maximum atomic E-state index is 10.5. The van der Waals surface area contributed by atoms with Gasteiger partial charge in [-0.3, -0.25) is 0 Å². The third kappa shape index (κ3) is 4.62. The number of nitrogens with zero attached hydrogens (tertiary/aromatic N) is 1. The quantitative estimate of drug-likeness (QED) is 0.854. The predicted octanol–water partition coefficient (Wildman–Crippen LogP) is 4.32. The number of nitrogens with two attached hydrogens (primary N) is 1. The molecule has 0 aliphatic carbocycles. The van der Waals surface area contributed by atoms with E-state index >= 15 is 0 Å². The molecule has 3 N–H and O–H groups in total. The van der Waals surface area contributed by atoms with Gasteiger partial charge in [-0.2, -0.15) is 5.26 Å². The molecule has 4 heteroatoms. The topological polar surface area (TPSA) is 70.0 Å². The lowest BCUT2D eigenvalue weighted by molar-refractivity contribution is 0.432. The Morgan fingerprint density at radius 3 is 2.05 bits per heavy atom. The van der Waals surface area contributed by atoms with Gasteiger partial charge >= 0.3 is 0 Å². The van der Waals surface area contributed by atoms with Crippen LogP contribution in [0.5, 0.6) is 5.75 Å². The highest BCUT2D eigenvalue weighted by molar-refractivity contribution is 5.85. The van der Waals surface area contributed by atoms with Crippen LogP contribution in [-0.4, -0.2) is 5.11 Å². The maximum absolute atomic E-state index is 10.5. The Bertz CT molecular complexity index is 533. The molecule has 1 aromatic rings. The minimum Gasteiger partial charge on any atom is -0.507 e. The van der Waals surface area contributed by atoms with Gasteiger partial charge in [0.05, 0.1) is 12.5 Å². The monoisotopic (exact) mass is 310 g/mol. The number of rotatable bonds is 2. The summed E-state index contributed by atoms with van der Waals surface area (Å²) in [7, 11) is 0. The van der Waals surface area contributed by atoms with Crippen LogP contribution >= 0.6 is 12.4 Å². The van der Waals surface area contributed by atoms with Gasteiger partial charge in [0.2, 0.25) is 0 Å². The zero-order valence-corrected chi connectivity index (χ0v) is 14.6. The lowest BCUT2D eigenvalue weighted by Gasteiger charge is -2.28. The number of phenols is 1. The van der Waals surface area contributed by atoms with Crippen LogP contribution in [0.1, 0.15) is 70.7 Å². The molecule has 0 saturated carbocycles. The summed E-state index contributed by atoms with van der Waals surface area (Å²) in [6, 6.07) is 5.61. The summed E-state index contributed by atoms with van der Waals surface area (Å²) in [5.41, 5.74) is 8.52. The van der Waals surface area contributed by atoms with E-state index in [-0.39, 0.29) is 35.4 Å². The molecule has 21 heavy (non-hydrogen) atoms. The minimum atomic E-state index is -0.455. The van der Waals surface area contributed by atoms with Gasteiger partial charge in [-0.25, -0.2) is 0 Å². The SMILES string of the molecule is CC(C)(C)c1cc([C@H](N)CC#N)c(O)c(C(C)(C)C)c1.Cl. The van der Waals surface area contributed by atoms with Crippen molar-refractivity contribution in [1.82, 2.24) is 0 Å². The minimum absolute atomic E-state index is 0. The van der Waals surface area contributed by atoms with Crippen molar-refractivity contribution in [2.24, 2.45) is 5.73 Å². The molecule has 0 aliphatic rings. The lowest BCUT2D eigenvalue weighted by atomic mass is 9.78. The first-order chi connectivity index (χ1) is 8.98. The standard InChI is InChI=1S/C17H26N2O.ClH/c1-16(2,3)11-9-12(14(19)7-8-18)15(20)13(10-11)17(4,5)6;/h9-10,14,20H,7,19H2,1-6H3;1H/t14-;/m1./s1. The van der Waals surface area contributed by atoms with E-state index < -0.39 is 6.04 Å². The van der Waals surface area contributed by atoms with E-state index in [0.29, 0.717) is 5.56 Å². The highest BCUT2D eigenvalue weighted by Gasteiger charge is 2.26. The number of hydrogen-bond acceptors (Lipinski definition) is 3. The zero-order valence-electron chi connectivity index (χ0n) is 13.8. The molecule has 0 radical (unpaired) electrons. The van der Waals surface area contributed by atoms with Crippen LogP contribution in [0.4, 0.5) is 0 Å². The molecule has 1 rings (SSSR count). The third-order valence-corrected chi connectivity index (χ3v) is 3.52. The highest BCUT2D eigenvalue weighted by Crippen LogP contribution is 2.39. The van der Waals surface area contributed by atoms with Crippen molar-refractivity contribution in [1.29, 1.82) is 5.26 Å². The van der Waals surface area contributed by atoms with Crippen LogP contribution in [0.15, 0.2) is 12.1 Å². The van der Waals surface area contributed by atoms with E-state index in [4.69, 9.17) is 11.0 Å². The summed E-state index contributed by atoms with van der Waals surface area (Å²) in [5, 5.41) is 19.4. The zero-order chi connectivity index (χ0) is 15.7. The molecule has 0 fully saturated rings. The fourth-order valence-electron chi connectivity index (χ4n) is 2.15. The molecule has 0 aliphatic heterocycles. The van der Waals surface area contributed by atoms with E-state index in [1.807, 2.05) is 6.07 Å². The molecule has 1 aromatic carbocycles. The number of hydrogen-bond donors (Lipinski definition) is 2. The van der Waals surface area contributed by atoms with E-state index in [9.17, 15) is 5.11 Å². The molecule has 0 spiro atoms. The number of halogens is 1. The van der Waals surface area contributed by atoms with Gasteiger partial charge in [0.15, 0.2) is 0 Å². The lowest BCUT2D eigenvalue weighted by Crippen LogP contribution is -2.20. The van der Waals surface area contributed by atoms with Crippen LogP contribution in [0.3, 0.4) is 0 Å². The van der Waals surface area contributed by atoms with Gasteiger partial charge in [-0.05, 0) is 28.0 Å². The maximum Gasteiger partial charge on any atom is 0.124 e. The van der Waals surface area contributed by atoms with Crippen LogP contribution in [0, 0.1) is 11.3 Å². The Morgan fingerprint density at radius 1 is 1.14 bits per heavy atom. The Balaban J connectivity index is 0.00000400. The first-order valence-electron chi connectivity index (χ1n) is 6.99. The number of aromatic hydroxyl groups is 1. The number of benzene rings is 1. The van der Waals surface area contributed by atoms with Crippen LogP contribution in [0.2, 0.25) is 0 Å². The molecule has 1 atom stereocenters. The molecule has 0 saturated heterocycles. The average Bonchev–Trinajstić information content (AvgIpc) is 2.26. The fraction of sp³-hybridized carbons (Fsp3) is 0.588. The summed E-state index contributed by atoms with van der Waals surface area (Å²) < 4.78 is 0. The van der Waals surface area contributed by atoms with E-state index in [0.717, 1.165) is 11.1 Å². The predicted molar refractivity (Wildman–Crippen MR) is 89.9 cm³/mol. The Kier molecular flexibility index (Phi) is 6.29. The van der Waals surface area contributed by atoms with Crippen molar-refractivity contribution < 1.29 is 5.11 Å². The van der Waals surface area contributed by atoms with Crippen molar-refractivity contribution >= 4 is 12.4 Å². The normalized spacial score (nSPS) is 13.2. The second kappa shape index (κ2) is 6.68. The van der Waals surface area contributed by atoms with Crippen molar-refractivity contribution in [3.8, 4) is 11.8 Å². The molecule has 0 amide bonds. The summed E-state index contributed by atoms with van der Waals surface area (Å²) in [4.78, 5) is 0. The van der Waals surface area contributed by atoms with Gasteiger partial charge in [-0.1, -0.05) is 47.6 Å². The first kappa shape index (κ1) is 19.8. The van der Waals surface area contributed by atoms with Crippen molar-refractivity contribution in [3.63, 3.8) is 0 Å². The number of nitriles is 1. The van der Waals surface area contributed by atoms with E-state index in [1.165, 1.54) is 0 Å². The van der Waals surface area contributed by atoms with Gasteiger partial charge in [0, 0.05) is 11.6 Å². The summed E-state index contributed by atoms with van der Waals surface area (Å²) >= 11 is 0. The molecular formula is C17H27ClN2O. The van der Waals surface area contributed by atoms with Crippen molar-refractivity contribution in [2.75, 3.05) is 0 Å². The van der Waals surface area contributed by atoms with Crippen LogP contribution in [-0.2, 0) is 10.8 Å². The van der Waals surface area contributed by atoms with Crippen LogP contribution in [0.25, 0.3) is 0 Å².